The molecule has 24 heavy (non-hydrogen) atoms. The third-order valence-electron chi connectivity index (χ3n) is 4.21. The van der Waals surface area contributed by atoms with Crippen LogP contribution in [0.2, 0.25) is 0 Å². The average molecular weight is 339 g/mol. The maximum absolute atomic E-state index is 11.5. The van der Waals surface area contributed by atoms with E-state index in [0.29, 0.717) is 6.42 Å². The summed E-state index contributed by atoms with van der Waals surface area (Å²) in [5.74, 6) is -0.00321. The Morgan fingerprint density at radius 1 is 1.50 bits per heavy atom. The van der Waals surface area contributed by atoms with E-state index in [1.807, 2.05) is 31.9 Å². The number of aliphatic hydroxyl groups is 1. The average Bonchev–Trinajstić information content (AvgIpc) is 3.00. The van der Waals surface area contributed by atoms with Gasteiger partial charge in [-0.3, -0.25) is 9.48 Å². The molecule has 136 valence electrons. The van der Waals surface area contributed by atoms with E-state index in [1.165, 1.54) is 0 Å². The second-order valence-electron chi connectivity index (χ2n) is 6.58. The fraction of sp³-hybridized carbons (Fsp3) is 0.812. The van der Waals surface area contributed by atoms with Gasteiger partial charge in [-0.25, -0.2) is 0 Å². The van der Waals surface area contributed by atoms with Crippen molar-refractivity contribution in [2.75, 3.05) is 20.7 Å². The quantitative estimate of drug-likeness (QED) is 0.701. The lowest BCUT2D eigenvalue weighted by molar-refractivity contribution is -0.128. The molecule has 1 aromatic rings. The van der Waals surface area contributed by atoms with Crippen molar-refractivity contribution >= 4 is 5.91 Å². The number of carbonyl (C=O) groups is 1. The first kappa shape index (κ1) is 18.8. The molecule has 1 aliphatic heterocycles. The van der Waals surface area contributed by atoms with E-state index in [4.69, 9.17) is 4.74 Å². The molecule has 0 spiro atoms. The van der Waals surface area contributed by atoms with E-state index < -0.39 is 0 Å². The van der Waals surface area contributed by atoms with Crippen molar-refractivity contribution < 1.29 is 14.6 Å². The third kappa shape index (κ3) is 5.54. The van der Waals surface area contributed by atoms with Gasteiger partial charge in [-0.05, 0) is 33.4 Å². The maximum atomic E-state index is 11.5. The molecule has 0 radical (unpaired) electrons. The number of carbonyl (C=O) groups excluding carboxylic acids is 1. The van der Waals surface area contributed by atoms with Crippen molar-refractivity contribution in [3.8, 4) is 0 Å². The Kier molecular flexibility index (Phi) is 7.14. The van der Waals surface area contributed by atoms with Gasteiger partial charge in [-0.2, -0.15) is 0 Å². The molecule has 0 aliphatic carbocycles. The molecular formula is C16H29N5O3. The van der Waals surface area contributed by atoms with Crippen LogP contribution in [0.5, 0.6) is 0 Å². The molecule has 1 saturated heterocycles. The number of nitrogens with one attached hydrogen (secondary N) is 1. The normalized spacial score (nSPS) is 24.3. The minimum Gasteiger partial charge on any atom is -0.394 e. The number of amides is 1. The smallest absolute Gasteiger partial charge is 0.220 e. The van der Waals surface area contributed by atoms with Crippen LogP contribution < -0.4 is 5.32 Å². The van der Waals surface area contributed by atoms with Crippen molar-refractivity contribution in [2.24, 2.45) is 0 Å². The molecule has 1 aromatic heterocycles. The van der Waals surface area contributed by atoms with Crippen LogP contribution in [0, 0.1) is 0 Å². The zero-order valence-electron chi connectivity index (χ0n) is 14.8. The Morgan fingerprint density at radius 2 is 2.29 bits per heavy atom. The number of rotatable bonds is 8. The Bertz CT molecular complexity index is 520. The summed E-state index contributed by atoms with van der Waals surface area (Å²) in [4.78, 5) is 13.6. The van der Waals surface area contributed by atoms with Gasteiger partial charge < -0.3 is 20.1 Å². The topological polar surface area (TPSA) is 92.5 Å². The summed E-state index contributed by atoms with van der Waals surface area (Å²) in [5.41, 5.74) is 0.945. The zero-order valence-corrected chi connectivity index (χ0v) is 14.8. The molecule has 2 N–H and O–H groups in total. The van der Waals surface area contributed by atoms with Crippen LogP contribution in [0.1, 0.15) is 38.3 Å². The molecule has 0 saturated carbocycles. The summed E-state index contributed by atoms with van der Waals surface area (Å²) in [6, 6.07) is -0.100. The predicted octanol–water partition coefficient (Wildman–Crippen LogP) is 0.165. The molecule has 0 aromatic carbocycles. The third-order valence-corrected chi connectivity index (χ3v) is 4.21. The molecule has 8 nitrogen and oxygen atoms in total. The lowest BCUT2D eigenvalue weighted by Crippen LogP contribution is -2.50. The first-order valence-corrected chi connectivity index (χ1v) is 8.61. The number of aryl methyl sites for hydroxylation is 1. The molecule has 0 bridgehead atoms. The number of hydrogen-bond acceptors (Lipinski definition) is 6. The summed E-state index contributed by atoms with van der Waals surface area (Å²) >= 11 is 0. The van der Waals surface area contributed by atoms with Gasteiger partial charge in [0.05, 0.1) is 24.4 Å². The number of hydrogen-bond donors (Lipinski definition) is 2. The van der Waals surface area contributed by atoms with E-state index in [1.54, 1.807) is 0 Å². The highest BCUT2D eigenvalue weighted by atomic mass is 16.5. The van der Waals surface area contributed by atoms with E-state index in [2.05, 4.69) is 20.5 Å². The molecule has 2 heterocycles. The molecule has 0 unspecified atom stereocenters. The largest absolute Gasteiger partial charge is 0.394 e. The molecule has 3 atom stereocenters. The highest BCUT2D eigenvalue weighted by Gasteiger charge is 2.31. The second kappa shape index (κ2) is 9.10. The van der Waals surface area contributed by atoms with Crippen molar-refractivity contribution in [2.45, 2.75) is 63.9 Å². The standard InChI is InChI=1S/C16H29N5O3/c1-4-16(23)17-14-6-5-13(24-15(14)11-22)7-8-21-10-12(18-19-21)9-20(2)3/h10,13-15,22H,4-9,11H2,1-3H3,(H,17,23)/t13-,14-,15+/m1/s1. The van der Waals surface area contributed by atoms with Crippen LogP contribution in [0.15, 0.2) is 6.20 Å². The number of aromatic nitrogens is 3. The summed E-state index contributed by atoms with van der Waals surface area (Å²) in [5, 5.41) is 20.7. The van der Waals surface area contributed by atoms with Gasteiger partial charge in [0.15, 0.2) is 0 Å². The highest BCUT2D eigenvalue weighted by Crippen LogP contribution is 2.22. The first-order valence-electron chi connectivity index (χ1n) is 8.61. The van der Waals surface area contributed by atoms with Crippen LogP contribution in [-0.2, 0) is 22.6 Å². The second-order valence-corrected chi connectivity index (χ2v) is 6.58. The van der Waals surface area contributed by atoms with Gasteiger partial charge in [0, 0.05) is 25.7 Å². The number of nitrogens with zero attached hydrogens (tertiary/aromatic N) is 4. The Hall–Kier alpha value is -1.51. The summed E-state index contributed by atoms with van der Waals surface area (Å²) in [6.45, 7) is 3.24. The Labute approximate surface area is 143 Å². The monoisotopic (exact) mass is 339 g/mol. The molecule has 1 amide bonds. The fourth-order valence-electron chi connectivity index (χ4n) is 2.94. The van der Waals surface area contributed by atoms with Gasteiger partial charge in [-0.15, -0.1) is 5.10 Å². The van der Waals surface area contributed by atoms with Gasteiger partial charge in [-0.1, -0.05) is 12.1 Å². The molecule has 1 aliphatic rings. The Balaban J connectivity index is 1.80. The summed E-state index contributed by atoms with van der Waals surface area (Å²) < 4.78 is 7.79. The van der Waals surface area contributed by atoms with Crippen molar-refractivity contribution in [3.63, 3.8) is 0 Å². The van der Waals surface area contributed by atoms with Crippen LogP contribution in [-0.4, -0.2) is 69.9 Å². The lowest BCUT2D eigenvalue weighted by atomic mass is 9.97. The predicted molar refractivity (Wildman–Crippen MR) is 89.2 cm³/mol. The van der Waals surface area contributed by atoms with Gasteiger partial charge >= 0.3 is 0 Å². The van der Waals surface area contributed by atoms with Gasteiger partial charge in [0.25, 0.3) is 0 Å². The summed E-state index contributed by atoms with van der Waals surface area (Å²) in [7, 11) is 4.00. The van der Waals surface area contributed by atoms with Crippen molar-refractivity contribution in [3.05, 3.63) is 11.9 Å². The van der Waals surface area contributed by atoms with Gasteiger partial charge in [0.2, 0.25) is 5.91 Å². The molecular weight excluding hydrogens is 310 g/mol. The molecule has 8 heteroatoms. The Morgan fingerprint density at radius 3 is 2.96 bits per heavy atom. The first-order chi connectivity index (χ1) is 11.5. The SMILES string of the molecule is CCC(=O)N[C@@H]1CC[C@H](CCn2cc(CN(C)C)nn2)O[C@H]1CO. The zero-order chi connectivity index (χ0) is 17.5. The molecule has 1 fully saturated rings. The fourth-order valence-corrected chi connectivity index (χ4v) is 2.94. The van der Waals surface area contributed by atoms with E-state index in [0.717, 1.165) is 38.0 Å². The number of aliphatic hydroxyl groups excluding tert-OH is 1. The van der Waals surface area contributed by atoms with Crippen molar-refractivity contribution in [1.82, 2.24) is 25.2 Å². The van der Waals surface area contributed by atoms with Crippen LogP contribution in [0.4, 0.5) is 0 Å². The van der Waals surface area contributed by atoms with Crippen LogP contribution >= 0.6 is 0 Å². The summed E-state index contributed by atoms with van der Waals surface area (Å²) in [6.07, 6.45) is 4.64. The minimum atomic E-state index is -0.334. The van der Waals surface area contributed by atoms with E-state index >= 15 is 0 Å². The van der Waals surface area contributed by atoms with E-state index in [-0.39, 0.29) is 30.8 Å². The van der Waals surface area contributed by atoms with Gasteiger partial charge in [0.1, 0.15) is 6.10 Å². The van der Waals surface area contributed by atoms with Crippen LogP contribution in [0.3, 0.4) is 0 Å². The minimum absolute atomic E-state index is 0.00321. The van der Waals surface area contributed by atoms with E-state index in [9.17, 15) is 9.90 Å². The van der Waals surface area contributed by atoms with Crippen LogP contribution in [0.25, 0.3) is 0 Å². The maximum Gasteiger partial charge on any atom is 0.220 e. The molecule has 2 rings (SSSR count). The highest BCUT2D eigenvalue weighted by molar-refractivity contribution is 5.75. The van der Waals surface area contributed by atoms with Crippen molar-refractivity contribution in [1.29, 1.82) is 0 Å². The number of ether oxygens (including phenoxy) is 1. The lowest BCUT2D eigenvalue weighted by Gasteiger charge is -2.36.